The van der Waals surface area contributed by atoms with E-state index in [1.807, 2.05) is 0 Å². The lowest BCUT2D eigenvalue weighted by molar-refractivity contribution is 0.612. The van der Waals surface area contributed by atoms with Crippen molar-refractivity contribution in [1.82, 2.24) is 9.97 Å². The quantitative estimate of drug-likeness (QED) is 0.189. The Kier molecular flexibility index (Phi) is 10.3. The maximum absolute atomic E-state index is 5.39. The first kappa shape index (κ1) is 34.1. The zero-order chi connectivity index (χ0) is 34.7. The van der Waals surface area contributed by atoms with Gasteiger partial charge in [-0.2, -0.15) is 0 Å². The molecular weight excluding hydrogens is 595 g/mol. The molecule has 0 saturated heterocycles. The van der Waals surface area contributed by atoms with Crippen molar-refractivity contribution in [2.24, 2.45) is 11.8 Å². The summed E-state index contributed by atoms with van der Waals surface area (Å²) < 4.78 is 0. The molecule has 3 heteroatoms. The summed E-state index contributed by atoms with van der Waals surface area (Å²) in [4.78, 5) is 13.0. The molecule has 0 fully saturated rings. The highest BCUT2D eigenvalue weighted by atomic mass is 15.3. The van der Waals surface area contributed by atoms with E-state index in [1.54, 1.807) is 0 Å². The molecule has 2 unspecified atom stereocenters. The van der Waals surface area contributed by atoms with Crippen molar-refractivity contribution in [3.05, 3.63) is 177 Å². The number of hydrogen-bond donors (Lipinski definition) is 0. The summed E-state index contributed by atoms with van der Waals surface area (Å²) in [6, 6.07) is 8.72. The minimum absolute atomic E-state index is 0.198. The van der Waals surface area contributed by atoms with Gasteiger partial charge in [0.2, 0.25) is 5.95 Å². The van der Waals surface area contributed by atoms with Crippen LogP contribution in [0.25, 0.3) is 5.57 Å². The molecule has 0 radical (unpaired) electrons. The van der Waals surface area contributed by atoms with Crippen LogP contribution in [0.2, 0.25) is 0 Å². The van der Waals surface area contributed by atoms with E-state index in [2.05, 4.69) is 151 Å². The second-order valence-corrected chi connectivity index (χ2v) is 13.8. The molecule has 2 heterocycles. The van der Waals surface area contributed by atoms with E-state index in [4.69, 9.17) is 9.97 Å². The van der Waals surface area contributed by atoms with Crippen molar-refractivity contribution in [1.29, 1.82) is 0 Å². The van der Waals surface area contributed by atoms with E-state index < -0.39 is 0 Å². The summed E-state index contributed by atoms with van der Waals surface area (Å²) in [6.07, 6.45) is 29.5. The Balaban J connectivity index is 1.46. The summed E-state index contributed by atoms with van der Waals surface area (Å²) in [5, 5.41) is 0. The minimum atomic E-state index is 0.198. The van der Waals surface area contributed by atoms with Crippen molar-refractivity contribution in [3.8, 4) is 0 Å². The van der Waals surface area contributed by atoms with Crippen LogP contribution in [-0.2, 0) is 12.8 Å². The van der Waals surface area contributed by atoms with Gasteiger partial charge < -0.3 is 4.90 Å². The number of rotatable bonds is 7. The zero-order valence-electron chi connectivity index (χ0n) is 30.3. The van der Waals surface area contributed by atoms with Gasteiger partial charge in [-0.15, -0.1) is 0 Å². The van der Waals surface area contributed by atoms with Crippen LogP contribution in [0.3, 0.4) is 0 Å². The normalized spacial score (nSPS) is 23.8. The Hall–Kier alpha value is -4.76. The van der Waals surface area contributed by atoms with Crippen molar-refractivity contribution in [3.63, 3.8) is 0 Å². The molecule has 3 aliphatic carbocycles. The summed E-state index contributed by atoms with van der Waals surface area (Å²) in [5.74, 6) is 1.48. The first-order valence-electron chi connectivity index (χ1n) is 18.0. The molecule has 1 aliphatic heterocycles. The summed E-state index contributed by atoms with van der Waals surface area (Å²) in [7, 11) is 0. The molecule has 49 heavy (non-hydrogen) atoms. The highest BCUT2D eigenvalue weighted by Crippen LogP contribution is 2.43. The van der Waals surface area contributed by atoms with Crippen LogP contribution >= 0.6 is 0 Å². The molecule has 0 spiro atoms. The number of fused-ring (bicyclic) bond motifs is 2. The molecule has 1 aromatic heterocycles. The largest absolute Gasteiger partial charge is 0.306 e. The minimum Gasteiger partial charge on any atom is -0.306 e. The molecule has 0 N–H and O–H groups in total. The van der Waals surface area contributed by atoms with Gasteiger partial charge in [0.1, 0.15) is 0 Å². The molecular formula is C46H51N3. The third-order valence-corrected chi connectivity index (χ3v) is 10.7. The molecule has 6 rings (SSSR count). The van der Waals surface area contributed by atoms with Gasteiger partial charge in [-0.05, 0) is 101 Å². The molecule has 4 aliphatic rings. The SMILES string of the molecule is C=C1C(C)=C(/C=C\C(=C\C)C(C)CCC)C(C)/C1=C/C1=C(\C)C(=C)/C=C\C/C=C\CN1c1nc2c3c(n1)Cc1ccccc1C3=CC=CC2. The van der Waals surface area contributed by atoms with E-state index in [1.165, 1.54) is 57.4 Å². The van der Waals surface area contributed by atoms with Crippen LogP contribution in [-0.4, -0.2) is 16.5 Å². The second-order valence-electron chi connectivity index (χ2n) is 13.8. The Morgan fingerprint density at radius 3 is 2.63 bits per heavy atom. The Morgan fingerprint density at radius 1 is 1.04 bits per heavy atom. The molecule has 3 nitrogen and oxygen atoms in total. The number of hydrogen-bond acceptors (Lipinski definition) is 3. The Morgan fingerprint density at radius 2 is 1.84 bits per heavy atom. The predicted octanol–water partition coefficient (Wildman–Crippen LogP) is 11.5. The number of anilines is 1. The molecule has 0 bridgehead atoms. The van der Waals surface area contributed by atoms with Crippen LogP contribution < -0.4 is 4.90 Å². The second kappa shape index (κ2) is 14.8. The first-order chi connectivity index (χ1) is 23.7. The standard InChI is InChI=1S/C46H51N3/c1-9-19-31(4)36(10-2)25-26-38-33(6)34(7)41(35(38)8)29-44-32(5)30(3)20-13-11-12-18-27-49(44)46-47-42-24-17-16-23-40-39-22-15-14-21-37(39)28-43(48-46)45(40)42/h10,12-18,20-23,25-26,29,31,35H,3,7,9,11,19,24,27-28H2,1-2,4-6,8H3/b18-12-,20-13-,26-25-,36-10-,41-29+,44-32-. The highest BCUT2D eigenvalue weighted by molar-refractivity contribution is 5.87. The lowest BCUT2D eigenvalue weighted by Gasteiger charge is -2.29. The van der Waals surface area contributed by atoms with Gasteiger partial charge in [0, 0.05) is 36.6 Å². The van der Waals surface area contributed by atoms with Crippen molar-refractivity contribution >= 4 is 11.5 Å². The van der Waals surface area contributed by atoms with Gasteiger partial charge in [0.15, 0.2) is 0 Å². The van der Waals surface area contributed by atoms with Crippen LogP contribution in [0.5, 0.6) is 0 Å². The first-order valence-corrected chi connectivity index (χ1v) is 18.0. The van der Waals surface area contributed by atoms with Gasteiger partial charge >= 0.3 is 0 Å². The molecule has 0 amide bonds. The average Bonchev–Trinajstić information content (AvgIpc) is 3.22. The molecule has 250 valence electrons. The van der Waals surface area contributed by atoms with E-state index in [0.29, 0.717) is 12.5 Å². The maximum atomic E-state index is 5.39. The number of nitrogens with zero attached hydrogens (tertiary/aromatic N) is 3. The molecule has 2 aromatic rings. The fraction of sp³-hybridized carbons (Fsp3) is 0.304. The maximum Gasteiger partial charge on any atom is 0.230 e. The Bertz CT molecular complexity index is 1960. The van der Waals surface area contributed by atoms with Crippen molar-refractivity contribution in [2.75, 3.05) is 11.4 Å². The third kappa shape index (κ3) is 6.77. The third-order valence-electron chi connectivity index (χ3n) is 10.7. The van der Waals surface area contributed by atoms with Crippen LogP contribution in [0.4, 0.5) is 5.95 Å². The van der Waals surface area contributed by atoms with Gasteiger partial charge in [0.25, 0.3) is 0 Å². The number of benzene rings is 1. The zero-order valence-corrected chi connectivity index (χ0v) is 30.3. The van der Waals surface area contributed by atoms with Gasteiger partial charge in [0.05, 0.1) is 11.4 Å². The molecule has 1 aromatic carbocycles. The fourth-order valence-electron chi connectivity index (χ4n) is 7.66. The topological polar surface area (TPSA) is 29.0 Å². The summed E-state index contributed by atoms with van der Waals surface area (Å²) in [5.41, 5.74) is 16.7. The molecule has 2 atom stereocenters. The number of allylic oxidation sites excluding steroid dienone is 17. The van der Waals surface area contributed by atoms with E-state index >= 15 is 0 Å². The summed E-state index contributed by atoms with van der Waals surface area (Å²) >= 11 is 0. The van der Waals surface area contributed by atoms with Crippen LogP contribution in [0.15, 0.2) is 149 Å². The predicted molar refractivity (Wildman–Crippen MR) is 209 cm³/mol. The summed E-state index contributed by atoms with van der Waals surface area (Å²) in [6.45, 7) is 23.3. The van der Waals surface area contributed by atoms with Crippen LogP contribution in [0.1, 0.15) is 88.9 Å². The highest BCUT2D eigenvalue weighted by Gasteiger charge is 2.30. The fourth-order valence-corrected chi connectivity index (χ4v) is 7.66. The van der Waals surface area contributed by atoms with Crippen molar-refractivity contribution in [2.45, 2.75) is 73.6 Å². The number of aromatic nitrogens is 2. The van der Waals surface area contributed by atoms with E-state index in [0.717, 1.165) is 59.0 Å². The van der Waals surface area contributed by atoms with Crippen LogP contribution in [0, 0.1) is 11.8 Å². The van der Waals surface area contributed by atoms with E-state index in [9.17, 15) is 0 Å². The lowest BCUT2D eigenvalue weighted by Crippen LogP contribution is -2.28. The van der Waals surface area contributed by atoms with E-state index in [-0.39, 0.29) is 5.92 Å². The molecule has 0 saturated carbocycles. The van der Waals surface area contributed by atoms with Gasteiger partial charge in [-0.3, -0.25) is 0 Å². The van der Waals surface area contributed by atoms with Crippen molar-refractivity contribution < 1.29 is 0 Å². The average molecular weight is 646 g/mol. The Labute approximate surface area is 294 Å². The smallest absolute Gasteiger partial charge is 0.230 e. The van der Waals surface area contributed by atoms with Gasteiger partial charge in [-0.1, -0.05) is 125 Å². The lowest BCUT2D eigenvalue weighted by atomic mass is 9.84. The monoisotopic (exact) mass is 645 g/mol. The van der Waals surface area contributed by atoms with Gasteiger partial charge in [-0.25, -0.2) is 9.97 Å².